The molecular weight excluding hydrogens is 336 g/mol. The number of methoxy groups -OCH3 is 1. The molecule has 8 heteroatoms. The number of rotatable bonds is 5. The van der Waals surface area contributed by atoms with Crippen LogP contribution >= 0.6 is 11.3 Å². The predicted octanol–water partition coefficient (Wildman–Crippen LogP) is 2.08. The van der Waals surface area contributed by atoms with E-state index in [0.29, 0.717) is 16.0 Å². The van der Waals surface area contributed by atoms with E-state index in [1.165, 1.54) is 12.1 Å². The lowest BCUT2D eigenvalue weighted by molar-refractivity contribution is 0.414. The Labute approximate surface area is 136 Å². The summed E-state index contributed by atoms with van der Waals surface area (Å²) < 4.78 is 32.9. The molecule has 6 nitrogen and oxygen atoms in total. The van der Waals surface area contributed by atoms with Crippen LogP contribution in [0.3, 0.4) is 0 Å². The van der Waals surface area contributed by atoms with E-state index in [4.69, 9.17) is 4.74 Å². The summed E-state index contributed by atoms with van der Waals surface area (Å²) in [6, 6.07) is 11.7. The van der Waals surface area contributed by atoms with E-state index in [-0.39, 0.29) is 16.3 Å². The molecule has 0 aliphatic rings. The summed E-state index contributed by atoms with van der Waals surface area (Å²) in [7, 11) is -2.07. The van der Waals surface area contributed by atoms with Gasteiger partial charge in [0.1, 0.15) is 5.75 Å². The van der Waals surface area contributed by atoms with Crippen LogP contribution in [0.15, 0.2) is 52.2 Å². The minimum atomic E-state index is -3.65. The molecule has 1 aromatic heterocycles. The fourth-order valence-electron chi connectivity index (χ4n) is 2.10. The van der Waals surface area contributed by atoms with E-state index < -0.39 is 10.0 Å². The SMILES string of the molecule is COc1ccc(CNS(=O)(=O)c2ccc3[nH]c(=O)sc3c2)cc1. The minimum absolute atomic E-state index is 0.133. The van der Waals surface area contributed by atoms with E-state index in [9.17, 15) is 13.2 Å². The lowest BCUT2D eigenvalue weighted by Gasteiger charge is -2.07. The molecule has 0 aliphatic carbocycles. The zero-order valence-electron chi connectivity index (χ0n) is 12.2. The zero-order valence-corrected chi connectivity index (χ0v) is 13.8. The van der Waals surface area contributed by atoms with Crippen LogP contribution in [0.5, 0.6) is 5.75 Å². The first-order valence-electron chi connectivity index (χ1n) is 6.73. The van der Waals surface area contributed by atoms with Crippen molar-refractivity contribution in [1.29, 1.82) is 0 Å². The van der Waals surface area contributed by atoms with E-state index in [1.807, 2.05) is 0 Å². The van der Waals surface area contributed by atoms with Gasteiger partial charge < -0.3 is 9.72 Å². The Morgan fingerprint density at radius 3 is 2.61 bits per heavy atom. The molecule has 0 atom stereocenters. The van der Waals surface area contributed by atoms with E-state index in [0.717, 1.165) is 16.9 Å². The summed E-state index contributed by atoms with van der Waals surface area (Å²) in [5.74, 6) is 0.712. The maximum absolute atomic E-state index is 12.4. The Morgan fingerprint density at radius 1 is 1.17 bits per heavy atom. The molecule has 0 spiro atoms. The molecule has 0 unspecified atom stereocenters. The fraction of sp³-hybridized carbons (Fsp3) is 0.133. The third kappa shape index (κ3) is 3.44. The van der Waals surface area contributed by atoms with Gasteiger partial charge >= 0.3 is 4.87 Å². The van der Waals surface area contributed by atoms with Crippen molar-refractivity contribution >= 4 is 31.6 Å². The number of nitrogens with one attached hydrogen (secondary N) is 2. The number of ether oxygens (including phenoxy) is 1. The Bertz CT molecular complexity index is 988. The van der Waals surface area contributed by atoms with E-state index >= 15 is 0 Å². The van der Waals surface area contributed by atoms with Gasteiger partial charge in [0, 0.05) is 6.54 Å². The fourth-order valence-corrected chi connectivity index (χ4v) is 3.99. The van der Waals surface area contributed by atoms with E-state index in [1.54, 1.807) is 37.4 Å². The molecule has 0 saturated heterocycles. The van der Waals surface area contributed by atoms with Gasteiger partial charge in [0.2, 0.25) is 10.0 Å². The van der Waals surface area contributed by atoms with Gasteiger partial charge in [-0.25, -0.2) is 13.1 Å². The van der Waals surface area contributed by atoms with Crippen LogP contribution in [0, 0.1) is 0 Å². The number of aromatic amines is 1. The van der Waals surface area contributed by atoms with Crippen molar-refractivity contribution in [3.63, 3.8) is 0 Å². The molecule has 2 N–H and O–H groups in total. The van der Waals surface area contributed by atoms with Crippen molar-refractivity contribution in [1.82, 2.24) is 9.71 Å². The van der Waals surface area contributed by atoms with E-state index in [2.05, 4.69) is 9.71 Å². The van der Waals surface area contributed by atoms with Gasteiger partial charge in [-0.3, -0.25) is 4.79 Å². The number of H-pyrrole nitrogens is 1. The first-order valence-corrected chi connectivity index (χ1v) is 9.03. The summed E-state index contributed by atoms with van der Waals surface area (Å²) in [4.78, 5) is 13.9. The van der Waals surface area contributed by atoms with Crippen LogP contribution < -0.4 is 14.3 Å². The highest BCUT2D eigenvalue weighted by Gasteiger charge is 2.15. The summed E-state index contributed by atoms with van der Waals surface area (Å²) in [5.41, 5.74) is 1.45. The van der Waals surface area contributed by atoms with Crippen molar-refractivity contribution in [2.45, 2.75) is 11.4 Å². The van der Waals surface area contributed by atoms with Crippen LogP contribution in [0.4, 0.5) is 0 Å². The number of benzene rings is 2. The van der Waals surface area contributed by atoms with Crippen molar-refractivity contribution in [2.75, 3.05) is 7.11 Å². The summed E-state index contributed by atoms with van der Waals surface area (Å²) in [5, 5.41) is 0. The maximum atomic E-state index is 12.4. The first kappa shape index (κ1) is 15.7. The second-order valence-electron chi connectivity index (χ2n) is 4.85. The molecule has 0 radical (unpaired) electrons. The number of aromatic nitrogens is 1. The van der Waals surface area contributed by atoms with Gasteiger partial charge in [-0.2, -0.15) is 0 Å². The first-order chi connectivity index (χ1) is 11.0. The third-order valence-electron chi connectivity index (χ3n) is 3.33. The number of thiazole rings is 1. The Hall–Kier alpha value is -2.16. The second-order valence-corrected chi connectivity index (χ2v) is 7.63. The average molecular weight is 350 g/mol. The Morgan fingerprint density at radius 2 is 1.91 bits per heavy atom. The molecule has 2 aromatic carbocycles. The molecule has 0 aliphatic heterocycles. The van der Waals surface area contributed by atoms with Crippen molar-refractivity contribution < 1.29 is 13.2 Å². The molecule has 0 bridgehead atoms. The van der Waals surface area contributed by atoms with Crippen LogP contribution in [0.2, 0.25) is 0 Å². The highest BCUT2D eigenvalue weighted by molar-refractivity contribution is 7.89. The molecule has 23 heavy (non-hydrogen) atoms. The molecule has 3 aromatic rings. The number of hydrogen-bond donors (Lipinski definition) is 2. The Balaban J connectivity index is 1.80. The van der Waals surface area contributed by atoms with Crippen molar-refractivity contribution in [3.8, 4) is 5.75 Å². The minimum Gasteiger partial charge on any atom is -0.497 e. The maximum Gasteiger partial charge on any atom is 0.305 e. The average Bonchev–Trinajstić information content (AvgIpc) is 2.92. The lowest BCUT2D eigenvalue weighted by Crippen LogP contribution is -2.23. The molecule has 0 saturated carbocycles. The zero-order chi connectivity index (χ0) is 16.4. The van der Waals surface area contributed by atoms with Crippen molar-refractivity contribution in [2.24, 2.45) is 0 Å². The monoisotopic (exact) mass is 350 g/mol. The third-order valence-corrected chi connectivity index (χ3v) is 5.57. The summed E-state index contributed by atoms with van der Waals surface area (Å²) in [6.07, 6.45) is 0. The van der Waals surface area contributed by atoms with Crippen LogP contribution in [0.25, 0.3) is 10.2 Å². The number of fused-ring (bicyclic) bond motifs is 1. The predicted molar refractivity (Wildman–Crippen MR) is 89.5 cm³/mol. The Kier molecular flexibility index (Phi) is 4.20. The van der Waals surface area contributed by atoms with Gasteiger partial charge in [-0.1, -0.05) is 23.5 Å². The molecular formula is C15H14N2O4S2. The topological polar surface area (TPSA) is 88.3 Å². The van der Waals surface area contributed by atoms with Gasteiger partial charge in [0.05, 0.1) is 22.2 Å². The number of hydrogen-bond acceptors (Lipinski definition) is 5. The lowest BCUT2D eigenvalue weighted by atomic mass is 10.2. The molecule has 3 rings (SSSR count). The van der Waals surface area contributed by atoms with Gasteiger partial charge in [0.25, 0.3) is 0 Å². The molecule has 120 valence electrons. The van der Waals surface area contributed by atoms with Crippen LogP contribution in [-0.4, -0.2) is 20.5 Å². The normalized spacial score (nSPS) is 11.7. The van der Waals surface area contributed by atoms with Crippen molar-refractivity contribution in [3.05, 3.63) is 57.7 Å². The molecule has 0 fully saturated rings. The number of sulfonamides is 1. The van der Waals surface area contributed by atoms with Gasteiger partial charge in [0.15, 0.2) is 0 Å². The molecule has 0 amide bonds. The highest BCUT2D eigenvalue weighted by atomic mass is 32.2. The van der Waals surface area contributed by atoms with Gasteiger partial charge in [-0.15, -0.1) is 0 Å². The smallest absolute Gasteiger partial charge is 0.305 e. The largest absolute Gasteiger partial charge is 0.497 e. The van der Waals surface area contributed by atoms with Crippen LogP contribution in [0.1, 0.15) is 5.56 Å². The van der Waals surface area contributed by atoms with Gasteiger partial charge in [-0.05, 0) is 35.9 Å². The highest BCUT2D eigenvalue weighted by Crippen LogP contribution is 2.20. The molecule has 1 heterocycles. The quantitative estimate of drug-likeness (QED) is 0.737. The van der Waals surface area contributed by atoms with Crippen LogP contribution in [-0.2, 0) is 16.6 Å². The second kappa shape index (κ2) is 6.15. The summed E-state index contributed by atoms with van der Waals surface area (Å²) in [6.45, 7) is 0.174. The standard InChI is InChI=1S/C15H14N2O4S2/c1-21-11-4-2-10(3-5-11)9-16-23(19,20)12-6-7-13-14(8-12)22-15(18)17-13/h2-8,16H,9H2,1H3,(H,17,18). The summed E-state index contributed by atoms with van der Waals surface area (Å²) >= 11 is 0.984.